The van der Waals surface area contributed by atoms with Crippen molar-refractivity contribution in [2.24, 2.45) is 5.73 Å². The first kappa shape index (κ1) is 15.6. The van der Waals surface area contributed by atoms with Crippen LogP contribution in [0.25, 0.3) is 0 Å². The fraction of sp³-hybridized carbons (Fsp3) is 0.368. The molecule has 2 N–H and O–H groups in total. The summed E-state index contributed by atoms with van der Waals surface area (Å²) < 4.78 is 6.03. The molecule has 0 amide bonds. The van der Waals surface area contributed by atoms with Gasteiger partial charge in [-0.15, -0.1) is 0 Å². The summed E-state index contributed by atoms with van der Waals surface area (Å²) in [6.07, 6.45) is 1.99. The predicted molar refractivity (Wildman–Crippen MR) is 88.8 cm³/mol. The Kier molecular flexibility index (Phi) is 5.40. The van der Waals surface area contributed by atoms with Crippen molar-refractivity contribution < 1.29 is 4.74 Å². The van der Waals surface area contributed by atoms with E-state index in [1.807, 2.05) is 0 Å². The van der Waals surface area contributed by atoms with Crippen molar-refractivity contribution in [2.75, 3.05) is 6.54 Å². The molecule has 2 heteroatoms. The van der Waals surface area contributed by atoms with Crippen LogP contribution in [0, 0.1) is 13.8 Å². The minimum absolute atomic E-state index is 0.613. The van der Waals surface area contributed by atoms with Crippen molar-refractivity contribution in [3.63, 3.8) is 0 Å². The van der Waals surface area contributed by atoms with Crippen molar-refractivity contribution in [3.8, 4) is 5.75 Å². The second kappa shape index (κ2) is 7.28. The first-order valence-corrected chi connectivity index (χ1v) is 7.64. The minimum Gasteiger partial charge on any atom is -0.488 e. The lowest BCUT2D eigenvalue weighted by Gasteiger charge is -2.14. The average Bonchev–Trinajstić information content (AvgIpc) is 2.47. The van der Waals surface area contributed by atoms with Gasteiger partial charge in [0, 0.05) is 0 Å². The van der Waals surface area contributed by atoms with Crippen LogP contribution in [0.4, 0.5) is 0 Å². The first-order valence-electron chi connectivity index (χ1n) is 7.64. The zero-order valence-electron chi connectivity index (χ0n) is 13.3. The maximum Gasteiger partial charge on any atom is 0.125 e. The van der Waals surface area contributed by atoms with Gasteiger partial charge in [0.05, 0.1) is 0 Å². The quantitative estimate of drug-likeness (QED) is 0.871. The molecule has 0 aliphatic heterocycles. The number of aryl methyl sites for hydroxylation is 3. The molecule has 0 saturated carbocycles. The summed E-state index contributed by atoms with van der Waals surface area (Å²) in [4.78, 5) is 0. The third-order valence-electron chi connectivity index (χ3n) is 3.77. The summed E-state index contributed by atoms with van der Waals surface area (Å²) in [7, 11) is 0. The van der Waals surface area contributed by atoms with Crippen molar-refractivity contribution in [1.82, 2.24) is 0 Å². The molecule has 2 nitrogen and oxygen atoms in total. The topological polar surface area (TPSA) is 35.2 Å². The highest BCUT2D eigenvalue weighted by Crippen LogP contribution is 2.26. The largest absolute Gasteiger partial charge is 0.488 e. The molecule has 0 aliphatic carbocycles. The van der Waals surface area contributed by atoms with Gasteiger partial charge in [0.1, 0.15) is 12.4 Å². The number of hydrogen-bond donors (Lipinski definition) is 1. The van der Waals surface area contributed by atoms with Gasteiger partial charge in [0.25, 0.3) is 0 Å². The van der Waals surface area contributed by atoms with Gasteiger partial charge in [0.2, 0.25) is 0 Å². The number of ether oxygens (including phenoxy) is 1. The highest BCUT2D eigenvalue weighted by atomic mass is 16.5. The third kappa shape index (κ3) is 4.08. The van der Waals surface area contributed by atoms with Gasteiger partial charge in [-0.1, -0.05) is 43.3 Å². The second-order valence-electron chi connectivity index (χ2n) is 5.56. The molecule has 0 aromatic heterocycles. The lowest BCUT2D eigenvalue weighted by Crippen LogP contribution is -2.05. The van der Waals surface area contributed by atoms with Gasteiger partial charge in [-0.25, -0.2) is 0 Å². The second-order valence-corrected chi connectivity index (χ2v) is 5.56. The Hall–Kier alpha value is -1.80. The molecular weight excluding hydrogens is 258 g/mol. The van der Waals surface area contributed by atoms with Crippen molar-refractivity contribution in [3.05, 3.63) is 64.2 Å². The Labute approximate surface area is 127 Å². The summed E-state index contributed by atoms with van der Waals surface area (Å²) in [5.41, 5.74) is 11.8. The van der Waals surface area contributed by atoms with Crippen molar-refractivity contribution >= 4 is 0 Å². The Morgan fingerprint density at radius 3 is 2.00 bits per heavy atom. The molecule has 0 atom stereocenters. The van der Waals surface area contributed by atoms with E-state index in [0.717, 1.165) is 18.6 Å². The van der Waals surface area contributed by atoms with Gasteiger partial charge in [-0.3, -0.25) is 0 Å². The molecule has 0 fully saturated rings. The van der Waals surface area contributed by atoms with Crippen LogP contribution in [0.5, 0.6) is 5.75 Å². The number of nitrogens with two attached hydrogens (primary N) is 1. The van der Waals surface area contributed by atoms with Crippen molar-refractivity contribution in [1.29, 1.82) is 0 Å². The van der Waals surface area contributed by atoms with Gasteiger partial charge < -0.3 is 10.5 Å². The molecular formula is C19H25NO. The van der Waals surface area contributed by atoms with E-state index < -0.39 is 0 Å². The Bertz CT molecular complexity index is 564. The molecule has 2 rings (SSSR count). The zero-order valence-corrected chi connectivity index (χ0v) is 13.3. The Morgan fingerprint density at radius 2 is 1.48 bits per heavy atom. The molecule has 0 bridgehead atoms. The average molecular weight is 283 g/mol. The maximum absolute atomic E-state index is 6.03. The molecule has 0 aliphatic rings. The van der Waals surface area contributed by atoms with Crippen LogP contribution < -0.4 is 10.5 Å². The van der Waals surface area contributed by atoms with Gasteiger partial charge in [-0.2, -0.15) is 0 Å². The summed E-state index contributed by atoms with van der Waals surface area (Å²) in [6, 6.07) is 13.0. The number of rotatable bonds is 6. The monoisotopic (exact) mass is 283 g/mol. The normalized spacial score (nSPS) is 10.7. The number of hydrogen-bond acceptors (Lipinski definition) is 2. The summed E-state index contributed by atoms with van der Waals surface area (Å²) in [5.74, 6) is 0.996. The third-order valence-corrected chi connectivity index (χ3v) is 3.77. The van der Waals surface area contributed by atoms with Crippen LogP contribution in [0.3, 0.4) is 0 Å². The van der Waals surface area contributed by atoms with E-state index in [9.17, 15) is 0 Å². The molecule has 0 radical (unpaired) electrons. The first-order chi connectivity index (χ1) is 10.1. The van der Waals surface area contributed by atoms with Crippen LogP contribution in [-0.2, 0) is 19.4 Å². The fourth-order valence-corrected chi connectivity index (χ4v) is 2.61. The Balaban J connectivity index is 2.08. The molecule has 112 valence electrons. The van der Waals surface area contributed by atoms with Crippen molar-refractivity contribution in [2.45, 2.75) is 40.2 Å². The fourth-order valence-electron chi connectivity index (χ4n) is 2.61. The molecule has 0 saturated heterocycles. The van der Waals surface area contributed by atoms with Gasteiger partial charge in [-0.05, 0) is 61.1 Å². The molecule has 2 aromatic carbocycles. The Morgan fingerprint density at radius 1 is 0.905 bits per heavy atom. The molecule has 0 spiro atoms. The summed E-state index contributed by atoms with van der Waals surface area (Å²) in [6.45, 7) is 7.66. The van der Waals surface area contributed by atoms with Crippen LogP contribution in [0.15, 0.2) is 36.4 Å². The van der Waals surface area contributed by atoms with Gasteiger partial charge >= 0.3 is 0 Å². The van der Waals surface area contributed by atoms with Crippen LogP contribution >= 0.6 is 0 Å². The lowest BCUT2D eigenvalue weighted by atomic mass is 10.0. The van der Waals surface area contributed by atoms with Crippen LogP contribution in [0.2, 0.25) is 0 Å². The highest BCUT2D eigenvalue weighted by molar-refractivity contribution is 5.43. The van der Waals surface area contributed by atoms with Crippen LogP contribution in [-0.4, -0.2) is 6.54 Å². The lowest BCUT2D eigenvalue weighted by molar-refractivity contribution is 0.302. The van der Waals surface area contributed by atoms with E-state index >= 15 is 0 Å². The standard InChI is InChI=1S/C19H25NO/c1-4-16-5-7-17(8-6-16)13-21-19-14(2)11-18(9-10-20)12-15(19)3/h5-8,11-12H,4,9-10,13,20H2,1-3H3. The molecule has 0 heterocycles. The van der Waals surface area contributed by atoms with E-state index in [1.165, 1.54) is 27.8 Å². The van der Waals surface area contributed by atoms with Gasteiger partial charge in [0.15, 0.2) is 0 Å². The predicted octanol–water partition coefficient (Wildman–Crippen LogP) is 3.95. The van der Waals surface area contributed by atoms with E-state index in [2.05, 4.69) is 57.2 Å². The summed E-state index contributed by atoms with van der Waals surface area (Å²) >= 11 is 0. The summed E-state index contributed by atoms with van der Waals surface area (Å²) in [5, 5.41) is 0. The highest BCUT2D eigenvalue weighted by Gasteiger charge is 2.07. The van der Waals surface area contributed by atoms with E-state index in [-0.39, 0.29) is 0 Å². The molecule has 21 heavy (non-hydrogen) atoms. The van der Waals surface area contributed by atoms with E-state index in [0.29, 0.717) is 13.2 Å². The van der Waals surface area contributed by atoms with Crippen LogP contribution in [0.1, 0.15) is 34.7 Å². The minimum atomic E-state index is 0.613. The smallest absolute Gasteiger partial charge is 0.125 e. The number of benzene rings is 2. The molecule has 2 aromatic rings. The molecule has 0 unspecified atom stereocenters. The van der Waals surface area contributed by atoms with E-state index in [1.54, 1.807) is 0 Å². The maximum atomic E-state index is 6.03. The van der Waals surface area contributed by atoms with E-state index in [4.69, 9.17) is 10.5 Å². The zero-order chi connectivity index (χ0) is 15.2. The SMILES string of the molecule is CCc1ccc(COc2c(C)cc(CCN)cc2C)cc1.